The summed E-state index contributed by atoms with van der Waals surface area (Å²) in [7, 11) is 0. The van der Waals surface area contributed by atoms with Gasteiger partial charge in [-0.1, -0.05) is 0 Å². The number of nitrogens with one attached hydrogen (secondary N) is 1. The van der Waals surface area contributed by atoms with Crippen molar-refractivity contribution in [3.8, 4) is 5.75 Å². The van der Waals surface area contributed by atoms with Gasteiger partial charge in [0.1, 0.15) is 5.75 Å². The average Bonchev–Trinajstić information content (AvgIpc) is 2.45. The smallest absolute Gasteiger partial charge is 0.305 e. The van der Waals surface area contributed by atoms with Crippen molar-refractivity contribution in [2.75, 3.05) is 26.2 Å². The Morgan fingerprint density at radius 1 is 1.62 bits per heavy atom. The Morgan fingerprint density at radius 3 is 3.00 bits per heavy atom. The monoisotopic (exact) mass is 297 g/mol. The molecule has 21 heavy (non-hydrogen) atoms. The molecule has 1 aromatic carbocycles. The zero-order valence-corrected chi connectivity index (χ0v) is 11.5. The van der Waals surface area contributed by atoms with Gasteiger partial charge in [0.05, 0.1) is 4.92 Å². The van der Waals surface area contributed by atoms with Gasteiger partial charge in [-0.2, -0.15) is 4.39 Å². The highest BCUT2D eigenvalue weighted by atomic mass is 19.1. The van der Waals surface area contributed by atoms with Crippen molar-refractivity contribution in [2.24, 2.45) is 0 Å². The molecule has 1 aliphatic heterocycles. The molecule has 1 fully saturated rings. The van der Waals surface area contributed by atoms with Gasteiger partial charge in [-0.25, -0.2) is 0 Å². The summed E-state index contributed by atoms with van der Waals surface area (Å²) in [6.07, 6.45) is 0. The first-order chi connectivity index (χ1) is 9.99. The molecule has 0 spiro atoms. The van der Waals surface area contributed by atoms with Crippen LogP contribution < -0.4 is 10.1 Å². The summed E-state index contributed by atoms with van der Waals surface area (Å²) in [6, 6.07) is 3.27. The second-order valence-corrected chi connectivity index (χ2v) is 4.80. The summed E-state index contributed by atoms with van der Waals surface area (Å²) in [4.78, 5) is 23.4. The highest BCUT2D eigenvalue weighted by molar-refractivity contribution is 5.78. The lowest BCUT2D eigenvalue weighted by Crippen LogP contribution is -2.53. The summed E-state index contributed by atoms with van der Waals surface area (Å²) in [5.41, 5.74) is -0.621. The molecule has 2 rings (SSSR count). The molecule has 8 heteroatoms. The Labute approximate surface area is 120 Å². The molecule has 0 radical (unpaired) electrons. The summed E-state index contributed by atoms with van der Waals surface area (Å²) in [5, 5.41) is 13.7. The third kappa shape index (κ3) is 3.66. The predicted molar refractivity (Wildman–Crippen MR) is 72.6 cm³/mol. The number of nitrogens with zero attached hydrogens (tertiary/aromatic N) is 2. The van der Waals surface area contributed by atoms with Crippen LogP contribution in [0.3, 0.4) is 0 Å². The third-order valence-electron chi connectivity index (χ3n) is 3.30. The van der Waals surface area contributed by atoms with E-state index in [1.54, 1.807) is 4.90 Å². The number of halogens is 1. The Bertz CT molecular complexity index is 552. The van der Waals surface area contributed by atoms with Crippen LogP contribution in [0.15, 0.2) is 18.2 Å². The van der Waals surface area contributed by atoms with Crippen molar-refractivity contribution in [3.63, 3.8) is 0 Å². The van der Waals surface area contributed by atoms with Gasteiger partial charge in [0.2, 0.25) is 5.82 Å². The van der Waals surface area contributed by atoms with Gasteiger partial charge in [-0.3, -0.25) is 14.9 Å². The topological polar surface area (TPSA) is 84.7 Å². The molecule has 0 unspecified atom stereocenters. The summed E-state index contributed by atoms with van der Waals surface area (Å²) < 4.78 is 18.6. The highest BCUT2D eigenvalue weighted by Crippen LogP contribution is 2.22. The van der Waals surface area contributed by atoms with Crippen LogP contribution in [0.25, 0.3) is 0 Å². The van der Waals surface area contributed by atoms with Crippen LogP contribution in [0.4, 0.5) is 10.1 Å². The number of carbonyl (C=O) groups excluding carboxylic acids is 1. The third-order valence-corrected chi connectivity index (χ3v) is 3.30. The molecule has 1 aromatic rings. The van der Waals surface area contributed by atoms with Crippen molar-refractivity contribution >= 4 is 11.6 Å². The number of rotatable bonds is 4. The van der Waals surface area contributed by atoms with Gasteiger partial charge in [-0.05, 0) is 13.0 Å². The Hall–Kier alpha value is -2.22. The van der Waals surface area contributed by atoms with Crippen LogP contribution in [0.5, 0.6) is 5.75 Å². The fourth-order valence-corrected chi connectivity index (χ4v) is 2.17. The van der Waals surface area contributed by atoms with Crippen LogP contribution >= 0.6 is 0 Å². The molecule has 0 aliphatic carbocycles. The van der Waals surface area contributed by atoms with Gasteiger partial charge < -0.3 is 15.0 Å². The number of nitro benzene ring substituents is 1. The SMILES string of the molecule is C[C@H]1CNCCN1C(=O)COc1ccc([N+](=O)[O-])c(F)c1. The van der Waals surface area contributed by atoms with E-state index in [1.165, 1.54) is 6.07 Å². The zero-order valence-electron chi connectivity index (χ0n) is 11.5. The maximum absolute atomic E-state index is 13.4. The number of carbonyl (C=O) groups is 1. The largest absolute Gasteiger partial charge is 0.484 e. The summed E-state index contributed by atoms with van der Waals surface area (Å²) in [6.45, 7) is 3.75. The van der Waals surface area contributed by atoms with E-state index in [4.69, 9.17) is 4.74 Å². The lowest BCUT2D eigenvalue weighted by molar-refractivity contribution is -0.387. The Morgan fingerprint density at radius 2 is 2.38 bits per heavy atom. The fraction of sp³-hybridized carbons (Fsp3) is 0.462. The van der Waals surface area contributed by atoms with E-state index in [9.17, 15) is 19.3 Å². The zero-order chi connectivity index (χ0) is 15.4. The number of nitro groups is 1. The number of hydrogen-bond acceptors (Lipinski definition) is 5. The lowest BCUT2D eigenvalue weighted by atomic mass is 10.2. The molecule has 0 saturated carbocycles. The molecule has 1 saturated heterocycles. The van der Waals surface area contributed by atoms with Gasteiger partial charge in [-0.15, -0.1) is 0 Å². The minimum absolute atomic E-state index is 0.0726. The molecule has 1 N–H and O–H groups in total. The normalized spacial score (nSPS) is 18.4. The summed E-state index contributed by atoms with van der Waals surface area (Å²) >= 11 is 0. The maximum atomic E-state index is 13.4. The molecular formula is C13H16FN3O4. The van der Waals surface area contributed by atoms with Gasteiger partial charge >= 0.3 is 5.69 Å². The number of piperazine rings is 1. The van der Waals surface area contributed by atoms with E-state index in [0.717, 1.165) is 25.2 Å². The molecule has 1 atom stereocenters. The molecule has 1 amide bonds. The van der Waals surface area contributed by atoms with Crippen LogP contribution in [0.2, 0.25) is 0 Å². The van der Waals surface area contributed by atoms with E-state index in [2.05, 4.69) is 5.32 Å². The maximum Gasteiger partial charge on any atom is 0.305 e. The first-order valence-corrected chi connectivity index (χ1v) is 6.56. The van der Waals surface area contributed by atoms with Crippen molar-refractivity contribution in [2.45, 2.75) is 13.0 Å². The first kappa shape index (κ1) is 15.2. The van der Waals surface area contributed by atoms with Gasteiger partial charge in [0.25, 0.3) is 5.91 Å². The van der Waals surface area contributed by atoms with E-state index in [-0.39, 0.29) is 24.3 Å². The second kappa shape index (κ2) is 6.49. The summed E-state index contributed by atoms with van der Waals surface area (Å²) in [5.74, 6) is -1.09. The second-order valence-electron chi connectivity index (χ2n) is 4.80. The Balaban J connectivity index is 1.95. The van der Waals surface area contributed by atoms with Crippen LogP contribution in [-0.2, 0) is 4.79 Å². The predicted octanol–water partition coefficient (Wildman–Crippen LogP) is 0.933. The molecule has 0 aromatic heterocycles. The number of amides is 1. The minimum atomic E-state index is -0.986. The lowest BCUT2D eigenvalue weighted by Gasteiger charge is -2.33. The molecule has 114 valence electrons. The fourth-order valence-electron chi connectivity index (χ4n) is 2.17. The Kier molecular flexibility index (Phi) is 4.69. The minimum Gasteiger partial charge on any atom is -0.484 e. The van der Waals surface area contributed by atoms with Crippen molar-refractivity contribution in [1.29, 1.82) is 0 Å². The number of ether oxygens (including phenoxy) is 1. The highest BCUT2D eigenvalue weighted by Gasteiger charge is 2.23. The molecule has 0 bridgehead atoms. The van der Waals surface area contributed by atoms with Crippen LogP contribution in [-0.4, -0.2) is 48.0 Å². The molecule has 7 nitrogen and oxygen atoms in total. The van der Waals surface area contributed by atoms with E-state index in [1.807, 2.05) is 6.92 Å². The molecular weight excluding hydrogens is 281 g/mol. The van der Waals surface area contributed by atoms with Gasteiger partial charge in [0.15, 0.2) is 6.61 Å². The van der Waals surface area contributed by atoms with E-state index < -0.39 is 16.4 Å². The van der Waals surface area contributed by atoms with Crippen molar-refractivity contribution in [3.05, 3.63) is 34.1 Å². The van der Waals surface area contributed by atoms with Crippen LogP contribution in [0, 0.1) is 15.9 Å². The van der Waals surface area contributed by atoms with Crippen molar-refractivity contribution < 1.29 is 18.8 Å². The average molecular weight is 297 g/mol. The quantitative estimate of drug-likeness (QED) is 0.660. The van der Waals surface area contributed by atoms with Crippen molar-refractivity contribution in [1.82, 2.24) is 10.2 Å². The van der Waals surface area contributed by atoms with Crippen LogP contribution in [0.1, 0.15) is 6.92 Å². The standard InChI is InChI=1S/C13H16FN3O4/c1-9-7-15-4-5-16(9)13(18)8-21-10-2-3-12(17(19)20)11(14)6-10/h2-3,6,9,15H,4-5,7-8H2,1H3/t9-/m0/s1. The first-order valence-electron chi connectivity index (χ1n) is 6.56. The molecule has 1 heterocycles. The van der Waals surface area contributed by atoms with E-state index in [0.29, 0.717) is 6.54 Å². The van der Waals surface area contributed by atoms with E-state index >= 15 is 0 Å². The molecule has 1 aliphatic rings. The van der Waals surface area contributed by atoms with Gasteiger partial charge in [0, 0.05) is 37.8 Å². The number of hydrogen-bond donors (Lipinski definition) is 1. The number of benzene rings is 1.